The van der Waals surface area contributed by atoms with Gasteiger partial charge in [-0.05, 0) is 34.7 Å². The van der Waals surface area contributed by atoms with Crippen LogP contribution in [0.1, 0.15) is 19.8 Å². The molecule has 0 saturated carbocycles. The topological polar surface area (TPSA) is 42.1 Å². The molecule has 4 heteroatoms. The van der Waals surface area contributed by atoms with E-state index in [9.17, 15) is 0 Å². The van der Waals surface area contributed by atoms with E-state index in [1.165, 1.54) is 12.8 Å². The van der Waals surface area contributed by atoms with Gasteiger partial charge >= 0.3 is 0 Å². The van der Waals surface area contributed by atoms with Crippen LogP contribution in [0.25, 0.3) is 0 Å². The lowest BCUT2D eigenvalue weighted by molar-refractivity contribution is 0.447. The number of hydrogen-bond donors (Lipinski definition) is 1. The van der Waals surface area contributed by atoms with Crippen LogP contribution in [0, 0.1) is 5.92 Å². The van der Waals surface area contributed by atoms with Gasteiger partial charge in [0.25, 0.3) is 0 Å². The van der Waals surface area contributed by atoms with Gasteiger partial charge in [0.05, 0.1) is 22.0 Å². The van der Waals surface area contributed by atoms with Crippen LogP contribution in [0.5, 0.6) is 0 Å². The largest absolute Gasteiger partial charge is 0.396 e. The lowest BCUT2D eigenvalue weighted by atomic mass is 10.00. The van der Waals surface area contributed by atoms with Gasteiger partial charge < -0.3 is 10.6 Å². The molecule has 1 aliphatic heterocycles. The van der Waals surface area contributed by atoms with Crippen molar-refractivity contribution in [2.45, 2.75) is 19.8 Å². The zero-order valence-corrected chi connectivity index (χ0v) is 10.5. The van der Waals surface area contributed by atoms with E-state index in [4.69, 9.17) is 5.73 Å². The van der Waals surface area contributed by atoms with Gasteiger partial charge in [-0.25, -0.2) is 0 Å². The third-order valence-corrected chi connectivity index (χ3v) is 3.45. The van der Waals surface area contributed by atoms with Crippen molar-refractivity contribution in [1.82, 2.24) is 4.98 Å². The van der Waals surface area contributed by atoms with Gasteiger partial charge in [0.15, 0.2) is 0 Å². The molecular formula is C11H16BrN3. The van der Waals surface area contributed by atoms with Crippen molar-refractivity contribution in [1.29, 1.82) is 0 Å². The number of aromatic nitrogens is 1. The smallest absolute Gasteiger partial charge is 0.0776 e. The first-order valence-electron chi connectivity index (χ1n) is 5.32. The van der Waals surface area contributed by atoms with Crippen LogP contribution in [0.2, 0.25) is 0 Å². The Labute approximate surface area is 98.8 Å². The van der Waals surface area contributed by atoms with Gasteiger partial charge in [-0.3, -0.25) is 4.98 Å². The molecule has 0 aromatic carbocycles. The molecule has 0 radical (unpaired) electrons. The summed E-state index contributed by atoms with van der Waals surface area (Å²) in [6.45, 7) is 4.47. The highest BCUT2D eigenvalue weighted by Crippen LogP contribution is 2.33. The van der Waals surface area contributed by atoms with Crippen molar-refractivity contribution in [3.8, 4) is 0 Å². The van der Waals surface area contributed by atoms with Gasteiger partial charge in [-0.15, -0.1) is 0 Å². The predicted octanol–water partition coefficient (Wildman–Crippen LogP) is 2.66. The number of hydrogen-bond acceptors (Lipinski definition) is 3. The van der Waals surface area contributed by atoms with Crippen LogP contribution in [0.4, 0.5) is 11.4 Å². The zero-order chi connectivity index (χ0) is 10.8. The van der Waals surface area contributed by atoms with E-state index in [0.717, 1.165) is 34.9 Å². The molecule has 3 nitrogen and oxygen atoms in total. The zero-order valence-electron chi connectivity index (χ0n) is 8.91. The number of pyridine rings is 1. The number of nitrogen functional groups attached to an aromatic ring is 1. The first kappa shape index (κ1) is 10.7. The van der Waals surface area contributed by atoms with Crippen molar-refractivity contribution in [2.75, 3.05) is 23.7 Å². The van der Waals surface area contributed by atoms with Crippen LogP contribution in [0.3, 0.4) is 0 Å². The summed E-state index contributed by atoms with van der Waals surface area (Å²) < 4.78 is 0.997. The summed E-state index contributed by atoms with van der Waals surface area (Å²) in [4.78, 5) is 6.42. The number of rotatable bonds is 1. The van der Waals surface area contributed by atoms with Crippen molar-refractivity contribution in [3.63, 3.8) is 0 Å². The third kappa shape index (κ3) is 2.25. The van der Waals surface area contributed by atoms with Gasteiger partial charge in [0.2, 0.25) is 0 Å². The van der Waals surface area contributed by atoms with Gasteiger partial charge in [-0.2, -0.15) is 0 Å². The minimum atomic E-state index is 0.748. The maximum atomic E-state index is 5.96. The molecule has 82 valence electrons. The molecule has 1 atom stereocenters. The second kappa shape index (κ2) is 4.39. The molecule has 2 N–H and O–H groups in total. The molecule has 1 aromatic rings. The Balaban J connectivity index is 2.28. The summed E-state index contributed by atoms with van der Waals surface area (Å²) in [5.41, 5.74) is 7.83. The molecule has 0 spiro atoms. The van der Waals surface area contributed by atoms with Gasteiger partial charge in [0, 0.05) is 19.3 Å². The number of nitrogens with zero attached hydrogens (tertiary/aromatic N) is 2. The van der Waals surface area contributed by atoms with E-state index in [0.29, 0.717) is 0 Å². The first-order chi connectivity index (χ1) is 7.18. The summed E-state index contributed by atoms with van der Waals surface area (Å²) in [7, 11) is 0. The minimum absolute atomic E-state index is 0.748. The Morgan fingerprint density at radius 1 is 1.53 bits per heavy atom. The summed E-state index contributed by atoms with van der Waals surface area (Å²) in [6.07, 6.45) is 6.10. The van der Waals surface area contributed by atoms with Gasteiger partial charge in [0.1, 0.15) is 0 Å². The molecule has 1 aromatic heterocycles. The Bertz CT molecular complexity index is 333. The number of halogens is 1. The monoisotopic (exact) mass is 269 g/mol. The van der Waals surface area contributed by atoms with Crippen LogP contribution >= 0.6 is 15.9 Å². The fourth-order valence-corrected chi connectivity index (χ4v) is 2.77. The normalized spacial score (nSPS) is 21.7. The second-order valence-electron chi connectivity index (χ2n) is 4.25. The van der Waals surface area contributed by atoms with Gasteiger partial charge in [-0.1, -0.05) is 6.92 Å². The van der Waals surface area contributed by atoms with E-state index in [2.05, 4.69) is 32.7 Å². The Morgan fingerprint density at radius 3 is 3.00 bits per heavy atom. The Kier molecular flexibility index (Phi) is 3.14. The maximum absolute atomic E-state index is 5.96. The Hall–Kier alpha value is -0.770. The van der Waals surface area contributed by atoms with E-state index >= 15 is 0 Å². The molecule has 1 saturated heterocycles. The highest BCUT2D eigenvalue weighted by molar-refractivity contribution is 9.10. The van der Waals surface area contributed by atoms with Crippen LogP contribution in [-0.4, -0.2) is 18.1 Å². The van der Waals surface area contributed by atoms with Crippen molar-refractivity contribution in [3.05, 3.63) is 16.9 Å². The SMILES string of the molecule is CC1CCCN(c2c(N)cncc2Br)C1. The van der Waals surface area contributed by atoms with Crippen molar-refractivity contribution < 1.29 is 0 Å². The lowest BCUT2D eigenvalue weighted by Crippen LogP contribution is -2.35. The summed E-state index contributed by atoms with van der Waals surface area (Å²) in [5.74, 6) is 0.748. The van der Waals surface area contributed by atoms with E-state index in [-0.39, 0.29) is 0 Å². The molecule has 2 heterocycles. The minimum Gasteiger partial charge on any atom is -0.396 e. The Morgan fingerprint density at radius 2 is 2.33 bits per heavy atom. The van der Waals surface area contributed by atoms with Crippen LogP contribution in [0.15, 0.2) is 16.9 Å². The fraction of sp³-hybridized carbons (Fsp3) is 0.545. The highest BCUT2D eigenvalue weighted by atomic mass is 79.9. The highest BCUT2D eigenvalue weighted by Gasteiger charge is 2.20. The summed E-state index contributed by atoms with van der Waals surface area (Å²) in [6, 6.07) is 0. The van der Waals surface area contributed by atoms with Crippen molar-refractivity contribution in [2.24, 2.45) is 5.92 Å². The standard InChI is InChI=1S/C11H16BrN3/c1-8-3-2-4-15(7-8)11-9(12)5-14-6-10(11)13/h5-6,8H,2-4,7,13H2,1H3. The predicted molar refractivity (Wildman–Crippen MR) is 67.0 cm³/mol. The number of nitrogens with two attached hydrogens (primary N) is 1. The second-order valence-corrected chi connectivity index (χ2v) is 5.11. The van der Waals surface area contributed by atoms with Crippen LogP contribution in [-0.2, 0) is 0 Å². The maximum Gasteiger partial charge on any atom is 0.0776 e. The number of anilines is 2. The molecule has 1 unspecified atom stereocenters. The first-order valence-corrected chi connectivity index (χ1v) is 6.11. The molecule has 15 heavy (non-hydrogen) atoms. The average Bonchev–Trinajstić information content (AvgIpc) is 2.17. The van der Waals surface area contributed by atoms with E-state index in [1.54, 1.807) is 6.20 Å². The lowest BCUT2D eigenvalue weighted by Gasteiger charge is -2.34. The molecule has 0 aliphatic carbocycles. The molecule has 0 bridgehead atoms. The van der Waals surface area contributed by atoms with E-state index in [1.807, 2.05) is 6.20 Å². The average molecular weight is 270 g/mol. The molecular weight excluding hydrogens is 254 g/mol. The van der Waals surface area contributed by atoms with E-state index < -0.39 is 0 Å². The molecule has 1 aliphatic rings. The van der Waals surface area contributed by atoms with Crippen LogP contribution < -0.4 is 10.6 Å². The summed E-state index contributed by atoms with van der Waals surface area (Å²) in [5, 5.41) is 0. The molecule has 2 rings (SSSR count). The summed E-state index contributed by atoms with van der Waals surface area (Å²) >= 11 is 3.52. The fourth-order valence-electron chi connectivity index (χ4n) is 2.17. The van der Waals surface area contributed by atoms with Crippen molar-refractivity contribution >= 4 is 27.3 Å². The number of piperidine rings is 1. The third-order valence-electron chi connectivity index (χ3n) is 2.87. The quantitative estimate of drug-likeness (QED) is 0.853. The molecule has 0 amide bonds. The molecule has 1 fully saturated rings.